The first kappa shape index (κ1) is 17.0. The van der Waals surface area contributed by atoms with Crippen molar-refractivity contribution in [3.05, 3.63) is 35.9 Å². The van der Waals surface area contributed by atoms with E-state index < -0.39 is 9.84 Å². The molecule has 1 aliphatic heterocycles. The minimum Gasteiger partial charge on any atom is -0.497 e. The van der Waals surface area contributed by atoms with Gasteiger partial charge in [-0.25, -0.2) is 8.42 Å². The van der Waals surface area contributed by atoms with E-state index in [1.807, 2.05) is 24.3 Å². The summed E-state index contributed by atoms with van der Waals surface area (Å²) >= 11 is 0. The van der Waals surface area contributed by atoms with E-state index in [1.54, 1.807) is 7.11 Å². The lowest BCUT2D eigenvalue weighted by molar-refractivity contribution is 0.203. The van der Waals surface area contributed by atoms with Gasteiger partial charge in [0, 0.05) is 19.3 Å². The van der Waals surface area contributed by atoms with Gasteiger partial charge in [0.05, 0.1) is 12.9 Å². The number of methoxy groups -OCH3 is 1. The van der Waals surface area contributed by atoms with Gasteiger partial charge in [0.1, 0.15) is 15.6 Å². The third-order valence-electron chi connectivity index (χ3n) is 3.93. The van der Waals surface area contributed by atoms with Crippen LogP contribution >= 0.6 is 0 Å². The Labute approximate surface area is 133 Å². The Morgan fingerprint density at radius 1 is 1.32 bits per heavy atom. The summed E-state index contributed by atoms with van der Waals surface area (Å²) in [5, 5.41) is 0. The summed E-state index contributed by atoms with van der Waals surface area (Å²) in [5.74, 6) is 1.45. The average Bonchev–Trinajstić information content (AvgIpc) is 2.47. The van der Waals surface area contributed by atoms with Gasteiger partial charge in [-0.15, -0.1) is 0 Å². The van der Waals surface area contributed by atoms with E-state index >= 15 is 0 Å². The number of rotatable bonds is 6. The maximum Gasteiger partial charge on any atom is 0.147 e. The zero-order valence-electron chi connectivity index (χ0n) is 13.4. The van der Waals surface area contributed by atoms with Gasteiger partial charge in [0.2, 0.25) is 0 Å². The summed E-state index contributed by atoms with van der Waals surface area (Å²) in [4.78, 5) is 2.33. The lowest BCUT2D eigenvalue weighted by Gasteiger charge is -2.31. The molecule has 122 valence electrons. The smallest absolute Gasteiger partial charge is 0.147 e. The van der Waals surface area contributed by atoms with Gasteiger partial charge in [-0.05, 0) is 43.0 Å². The van der Waals surface area contributed by atoms with E-state index in [2.05, 4.69) is 17.1 Å². The average molecular weight is 323 g/mol. The predicted octanol–water partition coefficient (Wildman–Crippen LogP) is 2.47. The Balaban J connectivity index is 1.83. The van der Waals surface area contributed by atoms with Crippen molar-refractivity contribution in [2.75, 3.05) is 38.8 Å². The maximum absolute atomic E-state index is 11.4. The number of nitrogens with zero attached hydrogens (tertiary/aromatic N) is 1. The summed E-state index contributed by atoms with van der Waals surface area (Å²) in [6, 6.07) is 7.95. The Morgan fingerprint density at radius 2 is 2.05 bits per heavy atom. The van der Waals surface area contributed by atoms with Crippen molar-refractivity contribution < 1.29 is 13.2 Å². The molecule has 22 heavy (non-hydrogen) atoms. The Kier molecular flexibility index (Phi) is 6.03. The molecule has 0 aliphatic carbocycles. The molecule has 0 bridgehead atoms. The Bertz CT molecular complexity index is 593. The molecular formula is C17H25NO3S. The second kappa shape index (κ2) is 7.79. The van der Waals surface area contributed by atoms with E-state index in [4.69, 9.17) is 4.74 Å². The van der Waals surface area contributed by atoms with Crippen LogP contribution in [0.5, 0.6) is 5.75 Å². The number of likely N-dealkylation sites (tertiary alicyclic amines) is 1. The highest BCUT2D eigenvalue weighted by atomic mass is 32.2. The quantitative estimate of drug-likeness (QED) is 0.807. The van der Waals surface area contributed by atoms with Gasteiger partial charge >= 0.3 is 0 Å². The largest absolute Gasteiger partial charge is 0.497 e. The molecule has 4 nitrogen and oxygen atoms in total. The number of piperidine rings is 1. The van der Waals surface area contributed by atoms with Crippen LogP contribution in [0.25, 0.3) is 6.08 Å². The summed E-state index contributed by atoms with van der Waals surface area (Å²) in [6.45, 7) is 2.79. The van der Waals surface area contributed by atoms with Crippen molar-refractivity contribution in [1.82, 2.24) is 4.90 Å². The molecule has 0 radical (unpaired) electrons. The van der Waals surface area contributed by atoms with Crippen LogP contribution in [0.3, 0.4) is 0 Å². The molecule has 1 heterocycles. The predicted molar refractivity (Wildman–Crippen MR) is 90.9 cm³/mol. The molecule has 0 N–H and O–H groups in total. The highest BCUT2D eigenvalue weighted by molar-refractivity contribution is 7.90. The second-order valence-electron chi connectivity index (χ2n) is 6.04. The lowest BCUT2D eigenvalue weighted by atomic mass is 10.00. The lowest BCUT2D eigenvalue weighted by Crippen LogP contribution is -2.38. The third kappa shape index (κ3) is 5.81. The van der Waals surface area contributed by atoms with Crippen LogP contribution < -0.4 is 4.74 Å². The first-order chi connectivity index (χ1) is 10.5. The zero-order chi connectivity index (χ0) is 16.0. The molecule has 0 spiro atoms. The highest BCUT2D eigenvalue weighted by Gasteiger charge is 2.22. The van der Waals surface area contributed by atoms with Crippen molar-refractivity contribution in [1.29, 1.82) is 0 Å². The molecule has 1 aliphatic rings. The van der Waals surface area contributed by atoms with Crippen LogP contribution in [0, 0.1) is 5.92 Å². The van der Waals surface area contributed by atoms with Crippen molar-refractivity contribution in [2.45, 2.75) is 12.8 Å². The SMILES string of the molecule is COc1ccc(/C=C/CN2CCC[C@@H](CS(C)(=O)=O)C2)cc1. The molecule has 1 atom stereocenters. The van der Waals surface area contributed by atoms with Crippen molar-refractivity contribution in [3.63, 3.8) is 0 Å². The van der Waals surface area contributed by atoms with Crippen molar-refractivity contribution >= 4 is 15.9 Å². The molecule has 0 unspecified atom stereocenters. The van der Waals surface area contributed by atoms with E-state index in [-0.39, 0.29) is 5.92 Å². The molecule has 1 fully saturated rings. The van der Waals surface area contributed by atoms with Crippen LogP contribution in [0.4, 0.5) is 0 Å². The molecule has 0 aromatic heterocycles. The zero-order valence-corrected chi connectivity index (χ0v) is 14.2. The number of sulfone groups is 1. The van der Waals surface area contributed by atoms with Crippen LogP contribution in [-0.2, 0) is 9.84 Å². The van der Waals surface area contributed by atoms with Gasteiger partial charge in [-0.1, -0.05) is 24.3 Å². The molecule has 5 heteroatoms. The van der Waals surface area contributed by atoms with Crippen molar-refractivity contribution in [3.8, 4) is 5.75 Å². The maximum atomic E-state index is 11.4. The van der Waals surface area contributed by atoms with Crippen molar-refractivity contribution in [2.24, 2.45) is 5.92 Å². The van der Waals surface area contributed by atoms with Crippen LogP contribution in [0.1, 0.15) is 18.4 Å². The molecule has 1 aromatic rings. The first-order valence-corrected chi connectivity index (χ1v) is 9.73. The molecule has 1 aromatic carbocycles. The topological polar surface area (TPSA) is 46.6 Å². The first-order valence-electron chi connectivity index (χ1n) is 7.67. The second-order valence-corrected chi connectivity index (χ2v) is 8.22. The van der Waals surface area contributed by atoms with E-state index in [9.17, 15) is 8.42 Å². The van der Waals surface area contributed by atoms with Crippen LogP contribution in [0.2, 0.25) is 0 Å². The summed E-state index contributed by atoms with van der Waals surface area (Å²) in [7, 11) is -1.21. The molecule has 0 amide bonds. The Hall–Kier alpha value is -1.33. The molecule has 2 rings (SSSR count). The number of ether oxygens (including phenoxy) is 1. The fourth-order valence-electron chi connectivity index (χ4n) is 2.93. The van der Waals surface area contributed by atoms with Crippen LogP contribution in [0.15, 0.2) is 30.3 Å². The summed E-state index contributed by atoms with van der Waals surface area (Å²) in [6.07, 6.45) is 7.67. The monoisotopic (exact) mass is 323 g/mol. The highest BCUT2D eigenvalue weighted by Crippen LogP contribution is 2.18. The normalized spacial score (nSPS) is 20.4. The summed E-state index contributed by atoms with van der Waals surface area (Å²) < 4.78 is 28.0. The van der Waals surface area contributed by atoms with E-state index in [1.165, 1.54) is 6.26 Å². The van der Waals surface area contributed by atoms with Gasteiger partial charge in [-0.2, -0.15) is 0 Å². The summed E-state index contributed by atoms with van der Waals surface area (Å²) in [5.41, 5.74) is 1.14. The standard InChI is InChI=1S/C17H25NO3S/c1-21-17-9-7-15(8-10-17)5-3-11-18-12-4-6-16(13-18)14-22(2,19)20/h3,5,7-10,16H,4,6,11-14H2,1-2H3/b5-3+/t16-/m1/s1. The molecular weight excluding hydrogens is 298 g/mol. The fraction of sp³-hybridized carbons (Fsp3) is 0.529. The Morgan fingerprint density at radius 3 is 2.68 bits per heavy atom. The molecule has 0 saturated carbocycles. The number of benzene rings is 1. The minimum absolute atomic E-state index is 0.276. The molecule has 1 saturated heterocycles. The van der Waals surface area contributed by atoms with E-state index in [0.29, 0.717) is 5.75 Å². The fourth-order valence-corrected chi connectivity index (χ4v) is 4.06. The van der Waals surface area contributed by atoms with Gasteiger partial charge in [0.25, 0.3) is 0 Å². The van der Waals surface area contributed by atoms with Gasteiger partial charge in [-0.3, -0.25) is 4.90 Å². The van der Waals surface area contributed by atoms with Crippen LogP contribution in [-0.4, -0.2) is 52.1 Å². The van der Waals surface area contributed by atoms with Gasteiger partial charge < -0.3 is 4.74 Å². The van der Waals surface area contributed by atoms with Gasteiger partial charge in [0.15, 0.2) is 0 Å². The third-order valence-corrected chi connectivity index (χ3v) is 5.01. The number of hydrogen-bond donors (Lipinski definition) is 0. The number of hydrogen-bond acceptors (Lipinski definition) is 4. The minimum atomic E-state index is -2.87. The van der Waals surface area contributed by atoms with E-state index in [0.717, 1.165) is 43.8 Å².